The summed E-state index contributed by atoms with van der Waals surface area (Å²) in [5, 5.41) is 6.20. The second kappa shape index (κ2) is 6.67. The number of anilines is 1. The van der Waals surface area contributed by atoms with E-state index in [0.717, 1.165) is 21.6 Å². The third kappa shape index (κ3) is 3.87. The number of nitrogens with two attached hydrogens (primary N) is 1. The second-order valence-electron chi connectivity index (χ2n) is 5.19. The SMILES string of the molecule is Nc1ccc(SCc2n[nH]c(=O)n2-c2cccc(C(F)(F)F)c2)cc1. The average Bonchev–Trinajstić information content (AvgIpc) is 2.94. The number of rotatable bonds is 4. The van der Waals surface area contributed by atoms with Gasteiger partial charge in [0.05, 0.1) is 17.0 Å². The fourth-order valence-electron chi connectivity index (χ4n) is 2.23. The normalized spacial score (nSPS) is 11.6. The maximum Gasteiger partial charge on any atom is 0.416 e. The zero-order chi connectivity index (χ0) is 18.0. The Balaban J connectivity index is 1.89. The molecule has 5 nitrogen and oxygen atoms in total. The van der Waals surface area contributed by atoms with Crippen molar-refractivity contribution in [3.05, 3.63) is 70.4 Å². The van der Waals surface area contributed by atoms with Crippen LogP contribution in [0.2, 0.25) is 0 Å². The van der Waals surface area contributed by atoms with E-state index in [1.54, 1.807) is 12.1 Å². The third-order valence-corrected chi connectivity index (χ3v) is 4.43. The number of nitrogen functional groups attached to an aromatic ring is 1. The fourth-order valence-corrected chi connectivity index (χ4v) is 3.04. The van der Waals surface area contributed by atoms with Gasteiger partial charge in [-0.15, -0.1) is 11.8 Å². The Morgan fingerprint density at radius 1 is 1.16 bits per heavy atom. The maximum atomic E-state index is 12.9. The molecule has 130 valence electrons. The van der Waals surface area contributed by atoms with Crippen LogP contribution >= 0.6 is 11.8 Å². The molecule has 1 heterocycles. The minimum Gasteiger partial charge on any atom is -0.399 e. The van der Waals surface area contributed by atoms with E-state index in [4.69, 9.17) is 5.73 Å². The molecule has 3 rings (SSSR count). The second-order valence-corrected chi connectivity index (χ2v) is 6.23. The van der Waals surface area contributed by atoms with E-state index in [1.807, 2.05) is 12.1 Å². The van der Waals surface area contributed by atoms with Gasteiger partial charge >= 0.3 is 11.9 Å². The molecule has 0 saturated carbocycles. The topological polar surface area (TPSA) is 76.7 Å². The smallest absolute Gasteiger partial charge is 0.399 e. The Hall–Kier alpha value is -2.68. The summed E-state index contributed by atoms with van der Waals surface area (Å²) >= 11 is 1.39. The highest BCUT2D eigenvalue weighted by atomic mass is 32.2. The van der Waals surface area contributed by atoms with E-state index >= 15 is 0 Å². The van der Waals surface area contributed by atoms with Crippen molar-refractivity contribution in [2.75, 3.05) is 5.73 Å². The molecule has 0 unspecified atom stereocenters. The lowest BCUT2D eigenvalue weighted by Crippen LogP contribution is -2.17. The average molecular weight is 366 g/mol. The fraction of sp³-hybridized carbons (Fsp3) is 0.125. The van der Waals surface area contributed by atoms with E-state index in [1.165, 1.54) is 23.9 Å². The summed E-state index contributed by atoms with van der Waals surface area (Å²) in [6.07, 6.45) is -4.48. The summed E-state index contributed by atoms with van der Waals surface area (Å²) in [5.41, 5.74) is 4.95. The van der Waals surface area contributed by atoms with Crippen molar-refractivity contribution in [3.8, 4) is 5.69 Å². The van der Waals surface area contributed by atoms with Gasteiger partial charge in [-0.3, -0.25) is 0 Å². The summed E-state index contributed by atoms with van der Waals surface area (Å²) in [5.74, 6) is 0.630. The summed E-state index contributed by atoms with van der Waals surface area (Å²) < 4.78 is 39.8. The molecular formula is C16H13F3N4OS. The van der Waals surface area contributed by atoms with E-state index < -0.39 is 17.4 Å². The van der Waals surface area contributed by atoms with Crippen LogP contribution in [0.5, 0.6) is 0 Å². The number of nitrogens with one attached hydrogen (secondary N) is 1. The summed E-state index contributed by atoms with van der Waals surface area (Å²) in [7, 11) is 0. The van der Waals surface area contributed by atoms with Gasteiger partial charge in [0, 0.05) is 10.6 Å². The van der Waals surface area contributed by atoms with Gasteiger partial charge in [-0.1, -0.05) is 6.07 Å². The number of hydrogen-bond acceptors (Lipinski definition) is 4. The van der Waals surface area contributed by atoms with Crippen LogP contribution in [0.25, 0.3) is 5.69 Å². The van der Waals surface area contributed by atoms with Gasteiger partial charge in [0.15, 0.2) is 0 Å². The van der Waals surface area contributed by atoms with Gasteiger partial charge in [0.1, 0.15) is 5.82 Å². The molecule has 3 N–H and O–H groups in total. The first-order valence-electron chi connectivity index (χ1n) is 7.17. The Labute approximate surface area is 144 Å². The monoisotopic (exact) mass is 366 g/mol. The van der Waals surface area contributed by atoms with Crippen LogP contribution in [0.3, 0.4) is 0 Å². The first-order chi connectivity index (χ1) is 11.8. The summed E-state index contributed by atoms with van der Waals surface area (Å²) in [6.45, 7) is 0. The molecule has 1 aromatic heterocycles. The van der Waals surface area contributed by atoms with Crippen molar-refractivity contribution in [2.45, 2.75) is 16.8 Å². The molecule has 0 aliphatic rings. The van der Waals surface area contributed by atoms with Crippen molar-refractivity contribution < 1.29 is 13.2 Å². The highest BCUT2D eigenvalue weighted by molar-refractivity contribution is 7.98. The van der Waals surface area contributed by atoms with Crippen LogP contribution in [0.1, 0.15) is 11.4 Å². The molecular weight excluding hydrogens is 353 g/mol. The molecule has 0 aliphatic carbocycles. The number of alkyl halides is 3. The summed E-state index contributed by atoms with van der Waals surface area (Å²) in [6, 6.07) is 11.7. The molecule has 0 amide bonds. The molecule has 0 saturated heterocycles. The van der Waals surface area contributed by atoms with E-state index in [-0.39, 0.29) is 5.69 Å². The van der Waals surface area contributed by atoms with E-state index in [2.05, 4.69) is 10.2 Å². The van der Waals surface area contributed by atoms with Crippen LogP contribution in [-0.4, -0.2) is 14.8 Å². The number of benzene rings is 2. The van der Waals surface area contributed by atoms with Gasteiger partial charge < -0.3 is 5.73 Å². The number of H-pyrrole nitrogens is 1. The van der Waals surface area contributed by atoms with Crippen LogP contribution in [0.15, 0.2) is 58.2 Å². The van der Waals surface area contributed by atoms with Crippen LogP contribution in [-0.2, 0) is 11.9 Å². The molecule has 0 fully saturated rings. The van der Waals surface area contributed by atoms with Crippen LogP contribution in [0, 0.1) is 0 Å². The van der Waals surface area contributed by atoms with Crippen molar-refractivity contribution in [1.82, 2.24) is 14.8 Å². The number of thioether (sulfide) groups is 1. The predicted octanol–water partition coefficient (Wildman–Crippen LogP) is 3.45. The first kappa shape index (κ1) is 17.2. The first-order valence-corrected chi connectivity index (χ1v) is 8.15. The largest absolute Gasteiger partial charge is 0.416 e. The molecule has 25 heavy (non-hydrogen) atoms. The molecule has 3 aromatic rings. The molecule has 0 atom stereocenters. The number of aromatic amines is 1. The highest BCUT2D eigenvalue weighted by Crippen LogP contribution is 2.30. The minimum atomic E-state index is -4.48. The Morgan fingerprint density at radius 3 is 2.56 bits per heavy atom. The van der Waals surface area contributed by atoms with Crippen molar-refractivity contribution in [3.63, 3.8) is 0 Å². The Kier molecular flexibility index (Phi) is 4.58. The van der Waals surface area contributed by atoms with Crippen molar-refractivity contribution >= 4 is 17.4 Å². The molecule has 0 spiro atoms. The number of halogens is 3. The van der Waals surface area contributed by atoms with Crippen LogP contribution < -0.4 is 11.4 Å². The zero-order valence-corrected chi connectivity index (χ0v) is 13.6. The lowest BCUT2D eigenvalue weighted by atomic mass is 10.2. The number of nitrogens with zero attached hydrogens (tertiary/aromatic N) is 2. The summed E-state index contributed by atoms with van der Waals surface area (Å²) in [4.78, 5) is 12.9. The third-order valence-electron chi connectivity index (χ3n) is 3.42. The van der Waals surface area contributed by atoms with Crippen LogP contribution in [0.4, 0.5) is 18.9 Å². The van der Waals surface area contributed by atoms with Gasteiger partial charge in [0.25, 0.3) is 0 Å². The van der Waals surface area contributed by atoms with Gasteiger partial charge in [-0.05, 0) is 42.5 Å². The molecule has 9 heteroatoms. The molecule has 0 aliphatic heterocycles. The standard InChI is InChI=1S/C16H13F3N4OS/c17-16(18,19)10-2-1-3-12(8-10)23-14(21-22-15(23)24)9-25-13-6-4-11(20)5-7-13/h1-8H,9,20H2,(H,22,24). The molecule has 0 bridgehead atoms. The minimum absolute atomic E-state index is 0.112. The van der Waals surface area contributed by atoms with Crippen molar-refractivity contribution in [1.29, 1.82) is 0 Å². The lowest BCUT2D eigenvalue weighted by molar-refractivity contribution is -0.137. The Morgan fingerprint density at radius 2 is 1.88 bits per heavy atom. The maximum absolute atomic E-state index is 12.9. The lowest BCUT2D eigenvalue weighted by Gasteiger charge is -2.10. The number of aromatic nitrogens is 3. The van der Waals surface area contributed by atoms with Gasteiger partial charge in [-0.2, -0.15) is 18.3 Å². The highest BCUT2D eigenvalue weighted by Gasteiger charge is 2.30. The van der Waals surface area contributed by atoms with Gasteiger partial charge in [-0.25, -0.2) is 14.5 Å². The van der Waals surface area contributed by atoms with Gasteiger partial charge in [0.2, 0.25) is 0 Å². The van der Waals surface area contributed by atoms with E-state index in [0.29, 0.717) is 17.3 Å². The Bertz CT molecular complexity index is 932. The predicted molar refractivity (Wildman–Crippen MR) is 89.6 cm³/mol. The van der Waals surface area contributed by atoms with E-state index in [9.17, 15) is 18.0 Å². The van der Waals surface area contributed by atoms with Crippen molar-refractivity contribution in [2.24, 2.45) is 0 Å². The number of hydrogen-bond donors (Lipinski definition) is 2. The zero-order valence-electron chi connectivity index (χ0n) is 12.7. The molecule has 0 radical (unpaired) electrons. The quantitative estimate of drug-likeness (QED) is 0.548. The molecule has 2 aromatic carbocycles.